The van der Waals surface area contributed by atoms with Crippen LogP contribution in [0.3, 0.4) is 0 Å². The van der Waals surface area contributed by atoms with Crippen LogP contribution in [0.5, 0.6) is 0 Å². The number of hydrogen-bond donors (Lipinski definition) is 1. The van der Waals surface area contributed by atoms with Crippen LogP contribution in [-0.2, 0) is 0 Å². The van der Waals surface area contributed by atoms with Crippen LogP contribution in [-0.4, -0.2) is 30.6 Å². The summed E-state index contributed by atoms with van der Waals surface area (Å²) in [6.45, 7) is 10.3. The zero-order valence-corrected chi connectivity index (χ0v) is 11.9. The van der Waals surface area contributed by atoms with E-state index in [0.29, 0.717) is 12.0 Å². The Kier molecular flexibility index (Phi) is 4.65. The highest BCUT2D eigenvalue weighted by Crippen LogP contribution is 2.19. The molecule has 0 aliphatic carbocycles. The first-order valence-corrected chi connectivity index (χ1v) is 7.28. The van der Waals surface area contributed by atoms with Gasteiger partial charge in [-0.05, 0) is 49.5 Å². The minimum Gasteiger partial charge on any atom is -0.381 e. The molecule has 1 fully saturated rings. The minimum absolute atomic E-state index is 0.614. The van der Waals surface area contributed by atoms with Crippen LogP contribution >= 0.6 is 0 Å². The number of anilines is 1. The minimum atomic E-state index is 0.614. The predicted molar refractivity (Wildman–Crippen MR) is 79.3 cm³/mol. The third-order valence-corrected chi connectivity index (χ3v) is 3.90. The predicted octanol–water partition coefficient (Wildman–Crippen LogP) is 3.71. The molecular formula is C16H26N2. The van der Waals surface area contributed by atoms with Crippen molar-refractivity contribution in [3.05, 3.63) is 29.8 Å². The maximum absolute atomic E-state index is 3.67. The lowest BCUT2D eigenvalue weighted by Gasteiger charge is -2.32. The molecule has 1 aromatic rings. The summed E-state index contributed by atoms with van der Waals surface area (Å²) in [7, 11) is 0. The number of likely N-dealkylation sites (tertiary alicyclic amines) is 1. The molecule has 0 amide bonds. The van der Waals surface area contributed by atoms with E-state index in [-0.39, 0.29) is 0 Å². The molecule has 100 valence electrons. The van der Waals surface area contributed by atoms with E-state index < -0.39 is 0 Å². The van der Waals surface area contributed by atoms with E-state index in [1.54, 1.807) is 0 Å². The van der Waals surface area contributed by atoms with Gasteiger partial charge in [0.1, 0.15) is 0 Å². The summed E-state index contributed by atoms with van der Waals surface area (Å²) >= 11 is 0. The van der Waals surface area contributed by atoms with Gasteiger partial charge in [-0.15, -0.1) is 0 Å². The van der Waals surface area contributed by atoms with Crippen LogP contribution in [0, 0.1) is 0 Å². The van der Waals surface area contributed by atoms with Crippen LogP contribution in [0.1, 0.15) is 45.1 Å². The monoisotopic (exact) mass is 246 g/mol. The molecule has 1 aromatic carbocycles. The molecule has 18 heavy (non-hydrogen) atoms. The third kappa shape index (κ3) is 3.49. The van der Waals surface area contributed by atoms with Crippen molar-refractivity contribution in [2.75, 3.05) is 25.0 Å². The van der Waals surface area contributed by atoms with Crippen molar-refractivity contribution in [3.8, 4) is 0 Å². The maximum atomic E-state index is 3.67. The summed E-state index contributed by atoms with van der Waals surface area (Å²) in [5, 5.41) is 3.67. The van der Waals surface area contributed by atoms with E-state index in [1.807, 2.05) is 0 Å². The van der Waals surface area contributed by atoms with Gasteiger partial charge in [0.15, 0.2) is 0 Å². The Labute approximate surface area is 111 Å². The van der Waals surface area contributed by atoms with Crippen molar-refractivity contribution in [3.63, 3.8) is 0 Å². The number of piperidine rings is 1. The first-order chi connectivity index (χ1) is 8.69. The lowest BCUT2D eigenvalue weighted by Crippen LogP contribution is -2.41. The highest BCUT2D eigenvalue weighted by atomic mass is 15.2. The summed E-state index contributed by atoms with van der Waals surface area (Å²) in [6, 6.07) is 9.55. The van der Waals surface area contributed by atoms with Gasteiger partial charge in [0.2, 0.25) is 0 Å². The molecule has 1 unspecified atom stereocenters. The first kappa shape index (κ1) is 13.4. The number of nitrogens with one attached hydrogen (secondary N) is 1. The fraction of sp³-hybridized carbons (Fsp3) is 0.625. The zero-order valence-electron chi connectivity index (χ0n) is 11.9. The average molecular weight is 246 g/mol. The molecule has 1 atom stereocenters. The molecule has 2 rings (SSSR count). The number of rotatable bonds is 4. The van der Waals surface area contributed by atoms with Crippen LogP contribution in [0.25, 0.3) is 0 Å². The zero-order chi connectivity index (χ0) is 13.0. The molecular weight excluding hydrogens is 220 g/mol. The molecule has 0 saturated carbocycles. The van der Waals surface area contributed by atoms with Crippen molar-refractivity contribution in [2.45, 2.75) is 45.6 Å². The normalized spacial score (nSPS) is 21.2. The lowest BCUT2D eigenvalue weighted by molar-refractivity contribution is 0.227. The van der Waals surface area contributed by atoms with Gasteiger partial charge in [0.25, 0.3) is 0 Å². The highest BCUT2D eigenvalue weighted by Gasteiger charge is 2.18. The number of benzene rings is 1. The van der Waals surface area contributed by atoms with Crippen LogP contribution < -0.4 is 5.32 Å². The summed E-state index contributed by atoms with van der Waals surface area (Å²) in [5.41, 5.74) is 2.68. The Bertz CT molecular complexity index is 356. The van der Waals surface area contributed by atoms with Gasteiger partial charge in [-0.25, -0.2) is 0 Å². The molecule has 0 aromatic heterocycles. The van der Waals surface area contributed by atoms with Crippen molar-refractivity contribution in [2.24, 2.45) is 0 Å². The van der Waals surface area contributed by atoms with Gasteiger partial charge < -0.3 is 10.2 Å². The van der Waals surface area contributed by atoms with Crippen molar-refractivity contribution >= 4 is 5.69 Å². The van der Waals surface area contributed by atoms with Crippen molar-refractivity contribution < 1.29 is 0 Å². The number of nitrogens with zero attached hydrogens (tertiary/aromatic N) is 1. The van der Waals surface area contributed by atoms with E-state index >= 15 is 0 Å². The van der Waals surface area contributed by atoms with Gasteiger partial charge in [0, 0.05) is 18.3 Å². The third-order valence-electron chi connectivity index (χ3n) is 3.90. The van der Waals surface area contributed by atoms with Crippen LogP contribution in [0.2, 0.25) is 0 Å². The van der Waals surface area contributed by atoms with Gasteiger partial charge in [0.05, 0.1) is 0 Å². The summed E-state index contributed by atoms with van der Waals surface area (Å²) in [5.74, 6) is 0.615. The molecule has 0 radical (unpaired) electrons. The molecule has 0 bridgehead atoms. The van der Waals surface area contributed by atoms with Crippen LogP contribution in [0.15, 0.2) is 24.3 Å². The van der Waals surface area contributed by atoms with E-state index in [0.717, 1.165) is 0 Å². The largest absolute Gasteiger partial charge is 0.381 e. The Hall–Kier alpha value is -1.02. The summed E-state index contributed by atoms with van der Waals surface area (Å²) in [4.78, 5) is 2.53. The molecule has 1 heterocycles. The number of likely N-dealkylation sites (N-methyl/N-ethyl adjacent to an activating group) is 1. The van der Waals surface area contributed by atoms with Crippen molar-refractivity contribution in [1.29, 1.82) is 0 Å². The van der Waals surface area contributed by atoms with E-state index in [9.17, 15) is 0 Å². The molecule has 1 saturated heterocycles. The average Bonchev–Trinajstić information content (AvgIpc) is 2.39. The second-order valence-corrected chi connectivity index (χ2v) is 5.65. The lowest BCUT2D eigenvalue weighted by atomic mass is 10.0. The van der Waals surface area contributed by atoms with E-state index in [4.69, 9.17) is 0 Å². The second kappa shape index (κ2) is 6.24. The molecule has 1 N–H and O–H groups in total. The van der Waals surface area contributed by atoms with Gasteiger partial charge in [-0.3, -0.25) is 0 Å². The van der Waals surface area contributed by atoms with Crippen molar-refractivity contribution in [1.82, 2.24) is 4.90 Å². The Balaban J connectivity index is 1.92. The number of hydrogen-bond acceptors (Lipinski definition) is 2. The Morgan fingerprint density at radius 2 is 2.00 bits per heavy atom. The molecule has 2 heteroatoms. The van der Waals surface area contributed by atoms with Crippen LogP contribution in [0.4, 0.5) is 5.69 Å². The molecule has 1 aliphatic heterocycles. The highest BCUT2D eigenvalue weighted by molar-refractivity contribution is 5.46. The molecule has 1 aliphatic rings. The van der Waals surface area contributed by atoms with Gasteiger partial charge in [-0.1, -0.05) is 32.9 Å². The quantitative estimate of drug-likeness (QED) is 0.871. The first-order valence-electron chi connectivity index (χ1n) is 7.28. The summed E-state index contributed by atoms with van der Waals surface area (Å²) < 4.78 is 0. The van der Waals surface area contributed by atoms with E-state index in [1.165, 1.54) is 43.7 Å². The smallest absolute Gasteiger partial charge is 0.0388 e. The van der Waals surface area contributed by atoms with E-state index in [2.05, 4.69) is 55.3 Å². The Morgan fingerprint density at radius 3 is 2.61 bits per heavy atom. The maximum Gasteiger partial charge on any atom is 0.0388 e. The van der Waals surface area contributed by atoms with Gasteiger partial charge in [-0.2, -0.15) is 0 Å². The second-order valence-electron chi connectivity index (χ2n) is 5.65. The standard InChI is InChI=1S/C16H26N2/c1-4-18-11-5-6-16(12-18)17-15-9-7-14(8-10-15)13(2)3/h7-10,13,16-17H,4-6,11-12H2,1-3H3. The van der Waals surface area contributed by atoms with Gasteiger partial charge >= 0.3 is 0 Å². The fourth-order valence-corrected chi connectivity index (χ4v) is 2.66. The topological polar surface area (TPSA) is 15.3 Å². The summed E-state index contributed by atoms with van der Waals surface area (Å²) in [6.07, 6.45) is 2.61. The molecule has 2 nitrogen and oxygen atoms in total. The SMILES string of the molecule is CCN1CCCC(Nc2ccc(C(C)C)cc2)C1. The molecule has 0 spiro atoms. The fourth-order valence-electron chi connectivity index (χ4n) is 2.66. The Morgan fingerprint density at radius 1 is 1.28 bits per heavy atom.